The Bertz CT molecular complexity index is 829. The first-order valence-electron chi connectivity index (χ1n) is 8.91. The van der Waals surface area contributed by atoms with Gasteiger partial charge in [-0.05, 0) is 37.1 Å². The van der Waals surface area contributed by atoms with E-state index in [1.807, 2.05) is 19.9 Å². The molecule has 3 rings (SSSR count). The molecule has 0 aromatic heterocycles. The number of rotatable bonds is 3. The molecule has 1 saturated heterocycles. The fourth-order valence-electron chi connectivity index (χ4n) is 3.81. The highest BCUT2D eigenvalue weighted by Gasteiger charge is 2.33. The fraction of sp³-hybridized carbons (Fsp3) is 0.556. The van der Waals surface area contributed by atoms with Crippen LogP contribution in [0.2, 0.25) is 0 Å². The molecule has 2 amide bonds. The average molecular weight is 379 g/mol. The van der Waals surface area contributed by atoms with E-state index in [1.165, 1.54) is 10.6 Å². The van der Waals surface area contributed by atoms with E-state index in [2.05, 4.69) is 0 Å². The van der Waals surface area contributed by atoms with Gasteiger partial charge >= 0.3 is 0 Å². The topological polar surface area (TPSA) is 78.0 Å². The van der Waals surface area contributed by atoms with E-state index in [1.54, 1.807) is 21.9 Å². The summed E-state index contributed by atoms with van der Waals surface area (Å²) in [4.78, 5) is 28.1. The number of fused-ring (bicyclic) bond motifs is 1. The summed E-state index contributed by atoms with van der Waals surface area (Å²) in [5.41, 5.74) is 2.12. The fourth-order valence-corrected chi connectivity index (χ4v) is 5.07. The summed E-state index contributed by atoms with van der Waals surface area (Å²) in [5.74, 6) is 0.0475. The van der Waals surface area contributed by atoms with E-state index in [9.17, 15) is 18.0 Å². The lowest BCUT2D eigenvalue weighted by molar-refractivity contribution is -0.132. The van der Waals surface area contributed by atoms with Gasteiger partial charge in [-0.2, -0.15) is 0 Å². The van der Waals surface area contributed by atoms with Gasteiger partial charge in [0.05, 0.1) is 11.9 Å². The van der Waals surface area contributed by atoms with Crippen LogP contribution in [-0.2, 0) is 21.2 Å². The summed E-state index contributed by atoms with van der Waals surface area (Å²) >= 11 is 0. The Labute approximate surface area is 154 Å². The molecule has 2 heterocycles. The van der Waals surface area contributed by atoms with Crippen molar-refractivity contribution in [3.63, 3.8) is 0 Å². The molecule has 0 saturated carbocycles. The Hall–Kier alpha value is -2.09. The van der Waals surface area contributed by atoms with Crippen molar-refractivity contribution in [3.8, 4) is 0 Å². The first kappa shape index (κ1) is 18.7. The second kappa shape index (κ2) is 6.90. The van der Waals surface area contributed by atoms with Crippen LogP contribution in [-0.4, -0.2) is 68.5 Å². The maximum Gasteiger partial charge on any atom is 0.253 e. The Balaban J connectivity index is 1.75. The predicted octanol–water partition coefficient (Wildman–Crippen LogP) is 1.09. The molecule has 0 bridgehead atoms. The van der Waals surface area contributed by atoms with Crippen LogP contribution < -0.4 is 4.31 Å². The number of carbonyl (C=O) groups is 2. The van der Waals surface area contributed by atoms with Crippen LogP contribution in [0.25, 0.3) is 0 Å². The van der Waals surface area contributed by atoms with Crippen molar-refractivity contribution in [2.75, 3.05) is 36.7 Å². The van der Waals surface area contributed by atoms with E-state index >= 15 is 0 Å². The molecule has 26 heavy (non-hydrogen) atoms. The highest BCUT2D eigenvalue weighted by atomic mass is 32.2. The highest BCUT2D eigenvalue weighted by molar-refractivity contribution is 7.92. The molecule has 0 aliphatic carbocycles. The molecule has 1 aromatic rings. The van der Waals surface area contributed by atoms with Crippen LogP contribution in [0.4, 0.5) is 5.69 Å². The normalized spacial score (nSPS) is 20.3. The summed E-state index contributed by atoms with van der Waals surface area (Å²) in [5, 5.41) is 0. The predicted molar refractivity (Wildman–Crippen MR) is 99.7 cm³/mol. The molecule has 0 N–H and O–H groups in total. The maximum atomic E-state index is 12.8. The molecule has 142 valence electrons. The van der Waals surface area contributed by atoms with Gasteiger partial charge in [-0.3, -0.25) is 13.9 Å². The van der Waals surface area contributed by atoms with Crippen molar-refractivity contribution in [2.45, 2.75) is 32.7 Å². The van der Waals surface area contributed by atoms with Gasteiger partial charge in [0.15, 0.2) is 0 Å². The van der Waals surface area contributed by atoms with Gasteiger partial charge in [-0.1, -0.05) is 6.92 Å². The van der Waals surface area contributed by atoms with Gasteiger partial charge in [0.25, 0.3) is 5.91 Å². The molecule has 0 spiro atoms. The van der Waals surface area contributed by atoms with Crippen molar-refractivity contribution >= 4 is 27.5 Å². The third kappa shape index (κ3) is 3.42. The molecular weight excluding hydrogens is 354 g/mol. The molecule has 1 unspecified atom stereocenters. The Morgan fingerprint density at radius 1 is 1.12 bits per heavy atom. The van der Waals surface area contributed by atoms with Gasteiger partial charge in [0, 0.05) is 44.2 Å². The molecule has 1 fully saturated rings. The van der Waals surface area contributed by atoms with E-state index in [-0.39, 0.29) is 17.9 Å². The zero-order valence-corrected chi connectivity index (χ0v) is 16.3. The quantitative estimate of drug-likeness (QED) is 0.788. The largest absolute Gasteiger partial charge is 0.339 e. The average Bonchev–Trinajstić information content (AvgIpc) is 2.95. The second-order valence-electron chi connectivity index (χ2n) is 6.98. The van der Waals surface area contributed by atoms with Crippen molar-refractivity contribution in [2.24, 2.45) is 0 Å². The number of amides is 2. The minimum atomic E-state index is -3.34. The minimum Gasteiger partial charge on any atom is -0.339 e. The number of nitrogens with zero attached hydrogens (tertiary/aromatic N) is 3. The maximum absolute atomic E-state index is 12.8. The first-order valence-corrected chi connectivity index (χ1v) is 10.8. The number of carbonyl (C=O) groups excluding carboxylic acids is 2. The van der Waals surface area contributed by atoms with Gasteiger partial charge in [-0.15, -0.1) is 0 Å². The summed E-state index contributed by atoms with van der Waals surface area (Å²) in [7, 11) is -3.34. The number of sulfonamides is 1. The van der Waals surface area contributed by atoms with Gasteiger partial charge in [0.2, 0.25) is 15.9 Å². The standard InChI is InChI=1S/C18H25N3O4S/c1-4-17(22)19-7-9-20(10-8-19)18(23)14-5-6-16-15(12-14)11-13(2)21(16)26(3,24)25/h5-6,12-13H,4,7-11H2,1-3H3. The Morgan fingerprint density at radius 2 is 1.73 bits per heavy atom. The lowest BCUT2D eigenvalue weighted by atomic mass is 10.1. The molecular formula is C18H25N3O4S. The molecule has 1 aromatic carbocycles. The number of anilines is 1. The SMILES string of the molecule is CCC(=O)N1CCN(C(=O)c2ccc3c(c2)CC(C)N3S(C)(=O)=O)CC1. The van der Waals surface area contributed by atoms with Crippen LogP contribution in [0, 0.1) is 0 Å². The van der Waals surface area contributed by atoms with Crippen molar-refractivity contribution in [3.05, 3.63) is 29.3 Å². The number of benzene rings is 1. The molecule has 2 aliphatic heterocycles. The third-order valence-corrected chi connectivity index (χ3v) is 6.33. The van der Waals surface area contributed by atoms with Crippen molar-refractivity contribution in [1.29, 1.82) is 0 Å². The Morgan fingerprint density at radius 3 is 2.31 bits per heavy atom. The zero-order chi connectivity index (χ0) is 19.1. The molecule has 8 heteroatoms. The van der Waals surface area contributed by atoms with E-state index in [0.717, 1.165) is 5.56 Å². The summed E-state index contributed by atoms with van der Waals surface area (Å²) in [6.45, 7) is 5.86. The highest BCUT2D eigenvalue weighted by Crippen LogP contribution is 2.34. The van der Waals surface area contributed by atoms with Crippen LogP contribution in [0.3, 0.4) is 0 Å². The van der Waals surface area contributed by atoms with Gasteiger partial charge in [0.1, 0.15) is 0 Å². The van der Waals surface area contributed by atoms with Crippen LogP contribution in [0.1, 0.15) is 36.2 Å². The molecule has 2 aliphatic rings. The lowest BCUT2D eigenvalue weighted by Gasteiger charge is -2.34. The lowest BCUT2D eigenvalue weighted by Crippen LogP contribution is -2.50. The van der Waals surface area contributed by atoms with Crippen molar-refractivity contribution in [1.82, 2.24) is 9.80 Å². The first-order chi connectivity index (χ1) is 12.2. The monoisotopic (exact) mass is 379 g/mol. The smallest absolute Gasteiger partial charge is 0.253 e. The molecule has 0 radical (unpaired) electrons. The minimum absolute atomic E-state index is 0.0677. The second-order valence-corrected chi connectivity index (χ2v) is 8.84. The zero-order valence-electron chi connectivity index (χ0n) is 15.4. The number of hydrogen-bond acceptors (Lipinski definition) is 4. The van der Waals surface area contributed by atoms with E-state index in [0.29, 0.717) is 50.3 Å². The van der Waals surface area contributed by atoms with Crippen LogP contribution >= 0.6 is 0 Å². The van der Waals surface area contributed by atoms with Crippen LogP contribution in [0.5, 0.6) is 0 Å². The van der Waals surface area contributed by atoms with Gasteiger partial charge < -0.3 is 9.80 Å². The summed E-state index contributed by atoms with van der Waals surface area (Å²) < 4.78 is 25.4. The van der Waals surface area contributed by atoms with Crippen molar-refractivity contribution < 1.29 is 18.0 Å². The molecule has 7 nitrogen and oxygen atoms in total. The Kier molecular flexibility index (Phi) is 4.96. The number of hydrogen-bond donors (Lipinski definition) is 0. The molecule has 1 atom stereocenters. The van der Waals surface area contributed by atoms with E-state index in [4.69, 9.17) is 0 Å². The van der Waals surface area contributed by atoms with Gasteiger partial charge in [-0.25, -0.2) is 8.42 Å². The number of piperazine rings is 1. The summed E-state index contributed by atoms with van der Waals surface area (Å²) in [6.07, 6.45) is 2.28. The van der Waals surface area contributed by atoms with E-state index < -0.39 is 10.0 Å². The van der Waals surface area contributed by atoms with Crippen LogP contribution in [0.15, 0.2) is 18.2 Å². The summed E-state index contributed by atoms with van der Waals surface area (Å²) in [6, 6.07) is 5.09. The third-order valence-electron chi connectivity index (χ3n) is 5.06.